The van der Waals surface area contributed by atoms with Gasteiger partial charge in [0.1, 0.15) is 5.82 Å². The number of pyridine rings is 1. The van der Waals surface area contributed by atoms with Crippen molar-refractivity contribution in [2.75, 3.05) is 31.6 Å². The van der Waals surface area contributed by atoms with Crippen LogP contribution in [-0.2, 0) is 20.2 Å². The Morgan fingerprint density at radius 3 is 2.13 bits per heavy atom. The van der Waals surface area contributed by atoms with Crippen LogP contribution in [0.4, 0.5) is 10.1 Å². The minimum absolute atomic E-state index is 0.0811. The van der Waals surface area contributed by atoms with Crippen LogP contribution in [-0.4, -0.2) is 44.0 Å². The minimum Gasteiger partial charge on any atom is -0.867 e. The quantitative estimate of drug-likeness (QED) is 0.217. The van der Waals surface area contributed by atoms with E-state index in [0.717, 1.165) is 5.56 Å². The Morgan fingerprint density at radius 1 is 1.00 bits per heavy atom. The molecule has 1 aliphatic heterocycles. The summed E-state index contributed by atoms with van der Waals surface area (Å²) < 4.78 is 47.6. The van der Waals surface area contributed by atoms with E-state index in [1.165, 1.54) is 40.7 Å². The van der Waals surface area contributed by atoms with Gasteiger partial charge in [-0.15, -0.1) is 0 Å². The van der Waals surface area contributed by atoms with Gasteiger partial charge in [0.05, 0.1) is 18.1 Å². The number of halogens is 1. The lowest BCUT2D eigenvalue weighted by molar-refractivity contribution is -0.577. The van der Waals surface area contributed by atoms with Crippen LogP contribution in [0.25, 0.3) is 11.5 Å². The van der Waals surface area contributed by atoms with Gasteiger partial charge in [-0.2, -0.15) is 8.87 Å². The van der Waals surface area contributed by atoms with Gasteiger partial charge in [0.15, 0.2) is 17.4 Å². The number of thiocarbonyl (C=S) groups is 1. The normalized spacial score (nSPS) is 15.6. The van der Waals surface area contributed by atoms with Crippen molar-refractivity contribution in [3.63, 3.8) is 0 Å². The maximum Gasteiger partial charge on any atom is 0.243 e. The Morgan fingerprint density at radius 2 is 1.58 bits per heavy atom. The fraction of sp³-hybridized carbons (Fsp3) is 0.286. The van der Waals surface area contributed by atoms with Gasteiger partial charge in [-0.3, -0.25) is 0 Å². The molecule has 0 saturated carbocycles. The number of morpholine rings is 1. The van der Waals surface area contributed by atoms with Crippen LogP contribution in [0, 0.1) is 5.82 Å². The third-order valence-corrected chi connectivity index (χ3v) is 8.42. The third kappa shape index (κ3) is 6.27. The van der Waals surface area contributed by atoms with Gasteiger partial charge in [0, 0.05) is 30.9 Å². The molecular weight excluding hydrogens is 525 g/mol. The number of benzene rings is 2. The Bertz CT molecular complexity index is 1430. The summed E-state index contributed by atoms with van der Waals surface area (Å²) in [6, 6.07) is 15.3. The number of hydrogen-bond acceptors (Lipinski definition) is 5. The molecule has 38 heavy (non-hydrogen) atoms. The Balaban J connectivity index is 1.65. The van der Waals surface area contributed by atoms with Crippen molar-refractivity contribution < 1.29 is 27.2 Å². The summed E-state index contributed by atoms with van der Waals surface area (Å²) in [5.74, 6) is -0.833. The van der Waals surface area contributed by atoms with Crippen LogP contribution in [0.1, 0.15) is 31.9 Å². The first-order valence-electron chi connectivity index (χ1n) is 12.2. The molecule has 1 aromatic heterocycles. The molecule has 0 unspecified atom stereocenters. The predicted molar refractivity (Wildman–Crippen MR) is 147 cm³/mol. The Hall–Kier alpha value is -3.18. The van der Waals surface area contributed by atoms with Crippen molar-refractivity contribution in [2.24, 2.45) is 0 Å². The van der Waals surface area contributed by atoms with Crippen LogP contribution in [0.15, 0.2) is 78.0 Å². The number of rotatable bonds is 6. The molecular formula is C28H30FN3O4S2. The number of aromatic nitrogens is 1. The highest BCUT2D eigenvalue weighted by Crippen LogP contribution is 2.23. The maximum absolute atomic E-state index is 13.5. The zero-order chi connectivity index (χ0) is 27.5. The van der Waals surface area contributed by atoms with Crippen LogP contribution < -0.4 is 15.0 Å². The zero-order valence-corrected chi connectivity index (χ0v) is 23.1. The van der Waals surface area contributed by atoms with Crippen molar-refractivity contribution in [1.29, 1.82) is 0 Å². The van der Waals surface area contributed by atoms with E-state index in [2.05, 4.69) is 26.1 Å². The van der Waals surface area contributed by atoms with E-state index in [9.17, 15) is 17.9 Å². The number of nitrogens with zero attached hydrogens (tertiary/aromatic N) is 2. The number of hydrogen-bond donors (Lipinski definition) is 1. The largest absolute Gasteiger partial charge is 0.867 e. The monoisotopic (exact) mass is 555 g/mol. The maximum atomic E-state index is 13.5. The van der Waals surface area contributed by atoms with Gasteiger partial charge >= 0.3 is 0 Å². The van der Waals surface area contributed by atoms with E-state index < -0.39 is 15.8 Å². The van der Waals surface area contributed by atoms with Gasteiger partial charge in [-0.05, 0) is 58.7 Å². The molecule has 0 aliphatic carbocycles. The average Bonchev–Trinajstić information content (AvgIpc) is 2.90. The van der Waals surface area contributed by atoms with Gasteiger partial charge < -0.3 is 15.2 Å². The first kappa shape index (κ1) is 27.8. The fourth-order valence-electron chi connectivity index (χ4n) is 3.99. The number of sulfonamides is 1. The van der Waals surface area contributed by atoms with E-state index in [-0.39, 0.29) is 32.3 Å². The standard InChI is InChI=1S/C28H30FN3O4S2/c1-28(2,3)21-12-14-31(15-13-21)25(26(33)20-4-6-22(29)7-5-20)27(37)30-23-8-10-24(11-9-23)38(34,35)32-16-18-36-19-17-32/h4-15H,16-19H2,1-3H3,(H-,30,33,37). The molecule has 1 fully saturated rings. The Kier molecular flexibility index (Phi) is 8.27. The molecule has 3 aromatic rings. The number of anilines is 1. The SMILES string of the molecule is CC(C)(C)c1cc[n+](/C(C(=S)Nc2ccc(S(=O)(=O)N3CCOCC3)cc2)=C(/[O-])c2ccc(F)cc2)cc1. The Labute approximate surface area is 228 Å². The van der Waals surface area contributed by atoms with E-state index in [1.807, 2.05) is 12.1 Å². The second kappa shape index (κ2) is 11.3. The lowest BCUT2D eigenvalue weighted by Crippen LogP contribution is -2.40. The molecule has 2 aromatic carbocycles. The second-order valence-electron chi connectivity index (χ2n) is 9.92. The molecule has 0 bridgehead atoms. The predicted octanol–water partition coefficient (Wildman–Crippen LogP) is 3.56. The lowest BCUT2D eigenvalue weighted by atomic mass is 9.88. The number of nitrogens with one attached hydrogen (secondary N) is 1. The van der Waals surface area contributed by atoms with Crippen LogP contribution in [0.5, 0.6) is 0 Å². The summed E-state index contributed by atoms with van der Waals surface area (Å²) in [6.07, 6.45) is 3.53. The summed E-state index contributed by atoms with van der Waals surface area (Å²) in [4.78, 5) is 0.297. The molecule has 0 amide bonds. The van der Waals surface area contributed by atoms with Crippen molar-refractivity contribution in [1.82, 2.24) is 4.31 Å². The minimum atomic E-state index is -3.64. The molecule has 200 valence electrons. The fourth-order valence-corrected chi connectivity index (χ4v) is 5.71. The summed E-state index contributed by atoms with van der Waals surface area (Å²) >= 11 is 5.65. The first-order valence-corrected chi connectivity index (χ1v) is 14.0. The van der Waals surface area contributed by atoms with Crippen molar-refractivity contribution in [3.05, 3.63) is 90.0 Å². The van der Waals surface area contributed by atoms with Crippen molar-refractivity contribution >= 4 is 44.4 Å². The van der Waals surface area contributed by atoms with Crippen molar-refractivity contribution in [3.8, 4) is 0 Å². The molecule has 0 spiro atoms. The molecule has 2 heterocycles. The number of ether oxygens (including phenoxy) is 1. The van der Waals surface area contributed by atoms with Crippen LogP contribution in [0.3, 0.4) is 0 Å². The van der Waals surface area contributed by atoms with E-state index in [1.54, 1.807) is 29.1 Å². The highest BCUT2D eigenvalue weighted by atomic mass is 32.2. The van der Waals surface area contributed by atoms with Crippen LogP contribution in [0.2, 0.25) is 0 Å². The lowest BCUT2D eigenvalue weighted by Gasteiger charge is -2.26. The molecule has 4 rings (SSSR count). The second-order valence-corrected chi connectivity index (χ2v) is 12.3. The van der Waals surface area contributed by atoms with Gasteiger partial charge in [-0.25, -0.2) is 12.8 Å². The van der Waals surface area contributed by atoms with E-state index in [0.29, 0.717) is 32.0 Å². The zero-order valence-electron chi connectivity index (χ0n) is 21.5. The molecule has 1 saturated heterocycles. The summed E-state index contributed by atoms with van der Waals surface area (Å²) in [7, 11) is -3.64. The van der Waals surface area contributed by atoms with E-state index >= 15 is 0 Å². The smallest absolute Gasteiger partial charge is 0.243 e. The third-order valence-electron chi connectivity index (χ3n) is 6.21. The molecule has 10 heteroatoms. The van der Waals surface area contributed by atoms with Gasteiger partial charge in [0.25, 0.3) is 0 Å². The summed E-state index contributed by atoms with van der Waals surface area (Å²) in [5.41, 5.74) is 1.98. The van der Waals surface area contributed by atoms with Crippen LogP contribution >= 0.6 is 12.2 Å². The molecule has 0 radical (unpaired) electrons. The first-order chi connectivity index (χ1) is 18.0. The summed E-state index contributed by atoms with van der Waals surface area (Å²) in [6.45, 7) is 7.62. The van der Waals surface area contributed by atoms with Crippen molar-refractivity contribution in [2.45, 2.75) is 31.1 Å². The highest BCUT2D eigenvalue weighted by Gasteiger charge is 2.26. The molecule has 0 atom stereocenters. The van der Waals surface area contributed by atoms with E-state index in [4.69, 9.17) is 17.0 Å². The van der Waals surface area contributed by atoms with Gasteiger partial charge in [-0.1, -0.05) is 45.1 Å². The molecule has 1 aliphatic rings. The average molecular weight is 556 g/mol. The molecule has 1 N–H and O–H groups in total. The molecule has 7 nitrogen and oxygen atoms in total. The highest BCUT2D eigenvalue weighted by molar-refractivity contribution is 7.89. The summed E-state index contributed by atoms with van der Waals surface area (Å²) in [5, 5.41) is 16.6. The van der Waals surface area contributed by atoms with Gasteiger partial charge in [0.2, 0.25) is 15.7 Å². The topological polar surface area (TPSA) is 85.6 Å².